The van der Waals surface area contributed by atoms with Crippen molar-refractivity contribution in [3.63, 3.8) is 0 Å². The van der Waals surface area contributed by atoms with Crippen molar-refractivity contribution in [2.24, 2.45) is 5.16 Å². The van der Waals surface area contributed by atoms with Crippen molar-refractivity contribution in [1.29, 1.82) is 0 Å². The van der Waals surface area contributed by atoms with Crippen LogP contribution in [0.1, 0.15) is 0 Å². The lowest BCUT2D eigenvalue weighted by atomic mass is 10.9. The van der Waals surface area contributed by atoms with Gasteiger partial charge in [-0.05, 0) is 0 Å². The van der Waals surface area contributed by atoms with Crippen molar-refractivity contribution in [2.45, 2.75) is 3.79 Å². The van der Waals surface area contributed by atoms with Gasteiger partial charge in [-0.25, -0.2) is 0 Å². The van der Waals surface area contributed by atoms with Crippen molar-refractivity contribution in [1.82, 2.24) is 0 Å². The fourth-order valence-electron chi connectivity index (χ4n) is 0.0655. The van der Waals surface area contributed by atoms with Crippen molar-refractivity contribution in [3.05, 3.63) is 0 Å². The van der Waals surface area contributed by atoms with Crippen LogP contribution < -0.4 is 0 Å². The van der Waals surface area contributed by atoms with Gasteiger partial charge in [-0.3, -0.25) is 0 Å². The third kappa shape index (κ3) is 6.34. The molecule has 0 aromatic rings. The molecule has 0 unspecified atom stereocenters. The van der Waals surface area contributed by atoms with Crippen molar-refractivity contribution in [3.8, 4) is 0 Å². The normalized spacial score (nSPS) is 13.0. The molecule has 0 radical (unpaired) electrons. The SMILES string of the molecule is O/N=C\C(Cl)(Cl)Cl. The molecule has 0 amide bonds. The van der Waals surface area contributed by atoms with E-state index in [1.54, 1.807) is 0 Å². The van der Waals surface area contributed by atoms with E-state index in [1.165, 1.54) is 0 Å². The number of halogens is 3. The molecule has 0 saturated heterocycles. The van der Waals surface area contributed by atoms with Gasteiger partial charge in [0.15, 0.2) is 0 Å². The minimum Gasteiger partial charge on any atom is -0.411 e. The van der Waals surface area contributed by atoms with Crippen molar-refractivity contribution < 1.29 is 5.21 Å². The standard InChI is InChI=1S/C2H2Cl3NO/c3-2(4,5)1-6-7/h1,7H/b6-1-. The van der Waals surface area contributed by atoms with Gasteiger partial charge >= 0.3 is 0 Å². The van der Waals surface area contributed by atoms with E-state index in [-0.39, 0.29) is 0 Å². The van der Waals surface area contributed by atoms with Gasteiger partial charge in [0.25, 0.3) is 0 Å². The lowest BCUT2D eigenvalue weighted by molar-refractivity contribution is 0.321. The summed E-state index contributed by atoms with van der Waals surface area (Å²) < 4.78 is -1.57. The van der Waals surface area contributed by atoms with E-state index in [2.05, 4.69) is 5.16 Å². The first-order chi connectivity index (χ1) is 3.06. The number of hydrogen-bond acceptors (Lipinski definition) is 2. The molecule has 7 heavy (non-hydrogen) atoms. The first-order valence-corrected chi connectivity index (χ1v) is 2.45. The molecule has 0 bridgehead atoms. The number of rotatable bonds is 0. The highest BCUT2D eigenvalue weighted by atomic mass is 35.6. The van der Waals surface area contributed by atoms with E-state index < -0.39 is 3.79 Å². The Kier molecular flexibility index (Phi) is 2.73. The molecule has 42 valence electrons. The summed E-state index contributed by atoms with van der Waals surface area (Å²) in [5.41, 5.74) is 0. The molecule has 0 aromatic carbocycles. The Morgan fingerprint density at radius 2 is 1.86 bits per heavy atom. The van der Waals surface area contributed by atoms with Gasteiger partial charge in [0.05, 0.1) is 6.21 Å². The van der Waals surface area contributed by atoms with Gasteiger partial charge in [0.1, 0.15) is 0 Å². The molecule has 0 saturated carbocycles. The molecule has 0 spiro atoms. The molecule has 5 heteroatoms. The highest BCUT2D eigenvalue weighted by Crippen LogP contribution is 2.22. The Balaban J connectivity index is 3.56. The quantitative estimate of drug-likeness (QED) is 0.251. The second kappa shape index (κ2) is 2.60. The van der Waals surface area contributed by atoms with Crippen LogP contribution in [0.2, 0.25) is 0 Å². The fourth-order valence-corrected chi connectivity index (χ4v) is 0.196. The lowest BCUT2D eigenvalue weighted by Gasteiger charge is -1.96. The Morgan fingerprint density at radius 1 is 1.43 bits per heavy atom. The predicted octanol–water partition coefficient (Wildman–Crippen LogP) is 1.82. The van der Waals surface area contributed by atoms with Gasteiger partial charge in [-0.15, -0.1) is 0 Å². The van der Waals surface area contributed by atoms with Gasteiger partial charge in [0.2, 0.25) is 3.79 Å². The van der Waals surface area contributed by atoms with Crippen LogP contribution in [0.15, 0.2) is 5.16 Å². The van der Waals surface area contributed by atoms with Gasteiger partial charge in [0, 0.05) is 0 Å². The molecule has 0 fully saturated rings. The molecule has 0 aromatic heterocycles. The first-order valence-electron chi connectivity index (χ1n) is 1.31. The monoisotopic (exact) mass is 161 g/mol. The number of nitrogens with zero attached hydrogens (tertiary/aromatic N) is 1. The zero-order valence-corrected chi connectivity index (χ0v) is 5.37. The van der Waals surface area contributed by atoms with Gasteiger partial charge in [-0.2, -0.15) is 0 Å². The van der Waals surface area contributed by atoms with E-state index in [9.17, 15) is 0 Å². The summed E-state index contributed by atoms with van der Waals surface area (Å²) in [5.74, 6) is 0. The summed E-state index contributed by atoms with van der Waals surface area (Å²) in [4.78, 5) is 0. The maximum Gasteiger partial charge on any atom is 0.229 e. The zero-order chi connectivity index (χ0) is 5.91. The summed E-state index contributed by atoms with van der Waals surface area (Å²) in [6.45, 7) is 0. The van der Waals surface area contributed by atoms with Crippen molar-refractivity contribution in [2.75, 3.05) is 0 Å². The fraction of sp³-hybridized carbons (Fsp3) is 0.500. The highest BCUT2D eigenvalue weighted by molar-refractivity contribution is 6.74. The molecular formula is C2H2Cl3NO. The van der Waals surface area contributed by atoms with E-state index in [0.717, 1.165) is 6.21 Å². The lowest BCUT2D eigenvalue weighted by Crippen LogP contribution is -2.01. The third-order valence-corrected chi connectivity index (χ3v) is 0.497. The predicted molar refractivity (Wildman–Crippen MR) is 30.6 cm³/mol. The molecule has 2 nitrogen and oxygen atoms in total. The van der Waals surface area contributed by atoms with Crippen LogP contribution in [0.3, 0.4) is 0 Å². The van der Waals surface area contributed by atoms with Crippen molar-refractivity contribution >= 4 is 41.0 Å². The van der Waals surface area contributed by atoms with Gasteiger partial charge < -0.3 is 5.21 Å². The summed E-state index contributed by atoms with van der Waals surface area (Å²) in [6.07, 6.45) is 0.789. The molecule has 0 rings (SSSR count). The highest BCUT2D eigenvalue weighted by Gasteiger charge is 2.14. The first kappa shape index (κ1) is 7.34. The van der Waals surface area contributed by atoms with E-state index in [0.29, 0.717) is 0 Å². The van der Waals surface area contributed by atoms with E-state index in [1.807, 2.05) is 0 Å². The second-order valence-electron chi connectivity index (χ2n) is 0.786. The Labute approximate surface area is 55.7 Å². The van der Waals surface area contributed by atoms with Gasteiger partial charge in [-0.1, -0.05) is 40.0 Å². The van der Waals surface area contributed by atoms with Crippen LogP contribution in [-0.4, -0.2) is 15.2 Å². The number of hydrogen-bond donors (Lipinski definition) is 1. The molecule has 0 atom stereocenters. The minimum absolute atomic E-state index is 0.789. The average Bonchev–Trinajstić information content (AvgIpc) is 1.30. The number of alkyl halides is 3. The van der Waals surface area contributed by atoms with Crippen LogP contribution in [0.4, 0.5) is 0 Å². The summed E-state index contributed by atoms with van der Waals surface area (Å²) >= 11 is 15.2. The largest absolute Gasteiger partial charge is 0.411 e. The third-order valence-electron chi connectivity index (χ3n) is 0.204. The average molecular weight is 162 g/mol. The maximum absolute atomic E-state index is 7.72. The van der Waals surface area contributed by atoms with Crippen LogP contribution in [0, 0.1) is 0 Å². The second-order valence-corrected chi connectivity index (χ2v) is 3.16. The molecule has 0 aliphatic carbocycles. The Hall–Kier alpha value is 0.340. The Morgan fingerprint density at radius 3 is 1.86 bits per heavy atom. The molecule has 0 heterocycles. The molecular weight excluding hydrogens is 160 g/mol. The topological polar surface area (TPSA) is 32.6 Å². The minimum atomic E-state index is -1.57. The van der Waals surface area contributed by atoms with E-state index in [4.69, 9.17) is 40.0 Å². The van der Waals surface area contributed by atoms with E-state index >= 15 is 0 Å². The number of oxime groups is 1. The zero-order valence-electron chi connectivity index (χ0n) is 3.11. The summed E-state index contributed by atoms with van der Waals surface area (Å²) in [7, 11) is 0. The maximum atomic E-state index is 7.72. The molecule has 0 aliphatic heterocycles. The smallest absolute Gasteiger partial charge is 0.229 e. The molecule has 1 N–H and O–H groups in total. The summed E-state index contributed by atoms with van der Waals surface area (Å²) in [6, 6.07) is 0. The van der Waals surface area contributed by atoms with Crippen LogP contribution in [-0.2, 0) is 0 Å². The molecule has 0 aliphatic rings. The summed E-state index contributed by atoms with van der Waals surface area (Å²) in [5, 5.41) is 10.2. The Bertz CT molecular complexity index is 75.5. The van der Waals surface area contributed by atoms with Crippen LogP contribution >= 0.6 is 34.8 Å². The van der Waals surface area contributed by atoms with Crippen LogP contribution in [0.25, 0.3) is 0 Å². The van der Waals surface area contributed by atoms with Crippen LogP contribution in [0.5, 0.6) is 0 Å².